The van der Waals surface area contributed by atoms with Gasteiger partial charge in [-0.25, -0.2) is 9.67 Å². The number of fused-ring (bicyclic) bond motifs is 1. The summed E-state index contributed by atoms with van der Waals surface area (Å²) in [7, 11) is 0. The highest BCUT2D eigenvalue weighted by Gasteiger charge is 2.31. The molecule has 0 fully saturated rings. The summed E-state index contributed by atoms with van der Waals surface area (Å²) in [6, 6.07) is 14.1. The Bertz CT molecular complexity index is 976. The summed E-state index contributed by atoms with van der Waals surface area (Å²) in [4.78, 5) is 33.1. The van der Waals surface area contributed by atoms with Crippen molar-refractivity contribution in [3.8, 4) is 11.4 Å². The van der Waals surface area contributed by atoms with Gasteiger partial charge in [0.05, 0.1) is 12.6 Å². The third-order valence-corrected chi connectivity index (χ3v) is 4.39. The van der Waals surface area contributed by atoms with Gasteiger partial charge in [-0.15, -0.1) is 0 Å². The van der Waals surface area contributed by atoms with Crippen LogP contribution in [-0.2, 0) is 6.54 Å². The van der Waals surface area contributed by atoms with E-state index in [0.717, 1.165) is 11.4 Å². The molecule has 0 radical (unpaired) electrons. The number of nitrogens with one attached hydrogen (secondary N) is 1. The van der Waals surface area contributed by atoms with Gasteiger partial charge >= 0.3 is 0 Å². The van der Waals surface area contributed by atoms with Crippen LogP contribution in [0.5, 0.6) is 0 Å². The average molecular weight is 335 g/mol. The van der Waals surface area contributed by atoms with E-state index < -0.39 is 0 Å². The minimum absolute atomic E-state index is 0.208. The number of hydrogen-bond acceptors (Lipinski definition) is 4. The second-order valence-corrected chi connectivity index (χ2v) is 5.99. The van der Waals surface area contributed by atoms with Crippen molar-refractivity contribution in [1.82, 2.24) is 24.6 Å². The highest BCUT2D eigenvalue weighted by atomic mass is 16.2. The van der Waals surface area contributed by atoms with Crippen LogP contribution in [0.15, 0.2) is 53.3 Å². The molecule has 1 amide bonds. The molecule has 0 bridgehead atoms. The molecule has 0 saturated heterocycles. The number of carbonyl (C=O) groups excluding carboxylic acids is 1. The molecule has 0 saturated carbocycles. The number of nitrogens with zero attached hydrogens (tertiary/aromatic N) is 4. The van der Waals surface area contributed by atoms with Crippen LogP contribution in [0.4, 0.5) is 0 Å². The maximum absolute atomic E-state index is 12.7. The Morgan fingerprint density at radius 3 is 2.68 bits per heavy atom. The van der Waals surface area contributed by atoms with E-state index in [2.05, 4.69) is 15.1 Å². The summed E-state index contributed by atoms with van der Waals surface area (Å²) in [5.74, 6) is 1.20. The number of H-pyrrole nitrogens is 1. The Labute approximate surface area is 143 Å². The lowest BCUT2D eigenvalue weighted by Gasteiger charge is -2.32. The molecule has 1 atom stereocenters. The number of aromatic amines is 1. The fourth-order valence-corrected chi connectivity index (χ4v) is 3.08. The van der Waals surface area contributed by atoms with Crippen LogP contribution < -0.4 is 5.56 Å². The molecule has 0 spiro atoms. The number of pyridine rings is 1. The topological polar surface area (TPSA) is 83.9 Å². The Morgan fingerprint density at radius 2 is 1.92 bits per heavy atom. The zero-order chi connectivity index (χ0) is 17.4. The third-order valence-electron chi connectivity index (χ3n) is 4.39. The van der Waals surface area contributed by atoms with Crippen LogP contribution in [-0.4, -0.2) is 37.1 Å². The van der Waals surface area contributed by atoms with Gasteiger partial charge in [0.25, 0.3) is 5.91 Å². The van der Waals surface area contributed by atoms with E-state index >= 15 is 0 Å². The quantitative estimate of drug-likeness (QED) is 0.775. The molecule has 1 aliphatic heterocycles. The van der Waals surface area contributed by atoms with Crippen molar-refractivity contribution in [3.05, 3.63) is 70.4 Å². The van der Waals surface area contributed by atoms with Gasteiger partial charge in [-0.3, -0.25) is 9.59 Å². The summed E-state index contributed by atoms with van der Waals surface area (Å²) in [6.07, 6.45) is 0. The van der Waals surface area contributed by atoms with Crippen LogP contribution in [0.1, 0.15) is 29.3 Å². The molecule has 7 nitrogen and oxygen atoms in total. The SMILES string of the molecule is C[C@H]1c2nc(-c3ccccc3)nn2CCN1C(=O)c1cccc(=O)[nH]1. The standard InChI is InChI=1S/C18H17N5O2/c1-12-17-20-16(13-6-3-2-4-7-13)21-23(17)11-10-22(12)18(25)14-8-5-9-15(24)19-14/h2-9,12H,10-11H2,1H3,(H,19,24)/t12-/m0/s1. The lowest BCUT2D eigenvalue weighted by Crippen LogP contribution is -2.42. The molecule has 25 heavy (non-hydrogen) atoms. The Hall–Kier alpha value is -3.22. The van der Waals surface area contributed by atoms with E-state index in [9.17, 15) is 9.59 Å². The second-order valence-electron chi connectivity index (χ2n) is 5.99. The van der Waals surface area contributed by atoms with Crippen LogP contribution >= 0.6 is 0 Å². The summed E-state index contributed by atoms with van der Waals surface area (Å²) in [5, 5.41) is 4.56. The first-order valence-corrected chi connectivity index (χ1v) is 8.14. The maximum atomic E-state index is 12.7. The predicted molar refractivity (Wildman–Crippen MR) is 92.0 cm³/mol. The van der Waals surface area contributed by atoms with Crippen LogP contribution in [0.2, 0.25) is 0 Å². The smallest absolute Gasteiger partial charge is 0.271 e. The van der Waals surface area contributed by atoms with Crippen molar-refractivity contribution >= 4 is 5.91 Å². The van der Waals surface area contributed by atoms with Gasteiger partial charge in [-0.1, -0.05) is 36.4 Å². The Morgan fingerprint density at radius 1 is 1.12 bits per heavy atom. The lowest BCUT2D eigenvalue weighted by molar-refractivity contribution is 0.0624. The summed E-state index contributed by atoms with van der Waals surface area (Å²) in [5.41, 5.74) is 0.947. The largest absolute Gasteiger partial charge is 0.326 e. The van der Waals surface area contributed by atoms with E-state index in [4.69, 9.17) is 0 Å². The highest BCUT2D eigenvalue weighted by Crippen LogP contribution is 2.27. The van der Waals surface area contributed by atoms with Crippen LogP contribution in [0, 0.1) is 0 Å². The first-order valence-electron chi connectivity index (χ1n) is 8.14. The molecule has 4 rings (SSSR count). The van der Waals surface area contributed by atoms with Gasteiger partial charge < -0.3 is 9.88 Å². The van der Waals surface area contributed by atoms with E-state index in [-0.39, 0.29) is 23.2 Å². The van der Waals surface area contributed by atoms with Gasteiger partial charge in [0.15, 0.2) is 5.82 Å². The van der Waals surface area contributed by atoms with Crippen molar-refractivity contribution in [2.24, 2.45) is 0 Å². The molecule has 0 unspecified atom stereocenters. The minimum atomic E-state index is -0.287. The monoisotopic (exact) mass is 335 g/mol. The molecule has 1 aliphatic rings. The first kappa shape index (κ1) is 15.3. The number of benzene rings is 1. The first-order chi connectivity index (χ1) is 12.1. The van der Waals surface area contributed by atoms with Gasteiger partial charge in [0.1, 0.15) is 11.5 Å². The van der Waals surface area contributed by atoms with Gasteiger partial charge in [0.2, 0.25) is 5.56 Å². The second kappa shape index (κ2) is 6.01. The van der Waals surface area contributed by atoms with E-state index in [1.807, 2.05) is 41.9 Å². The molecule has 1 N–H and O–H groups in total. The van der Waals surface area contributed by atoms with Crippen molar-refractivity contribution < 1.29 is 4.79 Å². The number of carbonyl (C=O) groups is 1. The average Bonchev–Trinajstić information content (AvgIpc) is 3.08. The molecule has 2 aromatic heterocycles. The van der Waals surface area contributed by atoms with Crippen molar-refractivity contribution in [2.75, 3.05) is 6.54 Å². The fraction of sp³-hybridized carbons (Fsp3) is 0.222. The summed E-state index contributed by atoms with van der Waals surface area (Å²) in [6.45, 7) is 3.01. The molecule has 3 heterocycles. The van der Waals surface area contributed by atoms with Crippen LogP contribution in [0.25, 0.3) is 11.4 Å². The Balaban J connectivity index is 1.65. The third kappa shape index (κ3) is 2.73. The molecule has 126 valence electrons. The summed E-state index contributed by atoms with van der Waals surface area (Å²) < 4.78 is 1.85. The minimum Gasteiger partial charge on any atom is -0.326 e. The molecular weight excluding hydrogens is 318 g/mol. The van der Waals surface area contributed by atoms with E-state index in [0.29, 0.717) is 18.9 Å². The molecule has 3 aromatic rings. The fourth-order valence-electron chi connectivity index (χ4n) is 3.08. The zero-order valence-electron chi connectivity index (χ0n) is 13.7. The van der Waals surface area contributed by atoms with Crippen LogP contribution in [0.3, 0.4) is 0 Å². The number of aromatic nitrogens is 4. The van der Waals surface area contributed by atoms with Crippen molar-refractivity contribution in [2.45, 2.75) is 19.5 Å². The maximum Gasteiger partial charge on any atom is 0.271 e. The van der Waals surface area contributed by atoms with E-state index in [1.165, 1.54) is 6.07 Å². The van der Waals surface area contributed by atoms with Gasteiger partial charge in [-0.05, 0) is 13.0 Å². The molecular formula is C18H17N5O2. The number of amides is 1. The number of rotatable bonds is 2. The summed E-state index contributed by atoms with van der Waals surface area (Å²) >= 11 is 0. The highest BCUT2D eigenvalue weighted by molar-refractivity contribution is 5.92. The normalized spacial score (nSPS) is 16.5. The lowest BCUT2D eigenvalue weighted by atomic mass is 10.2. The molecule has 0 aliphatic carbocycles. The van der Waals surface area contributed by atoms with Crippen molar-refractivity contribution in [1.29, 1.82) is 0 Å². The predicted octanol–water partition coefficient (Wildman–Crippen LogP) is 1.85. The van der Waals surface area contributed by atoms with Crippen molar-refractivity contribution in [3.63, 3.8) is 0 Å². The molecule has 1 aromatic carbocycles. The zero-order valence-corrected chi connectivity index (χ0v) is 13.7. The number of hydrogen-bond donors (Lipinski definition) is 1. The van der Waals surface area contributed by atoms with Gasteiger partial charge in [-0.2, -0.15) is 5.10 Å². The molecule has 7 heteroatoms. The van der Waals surface area contributed by atoms with Gasteiger partial charge in [0, 0.05) is 18.2 Å². The van der Waals surface area contributed by atoms with E-state index in [1.54, 1.807) is 17.0 Å². The Kier molecular flexibility index (Phi) is 3.68.